The molecule has 0 saturated carbocycles. The zero-order chi connectivity index (χ0) is 32.4. The van der Waals surface area contributed by atoms with Crippen LogP contribution >= 0.6 is 0 Å². The third kappa shape index (κ3) is 9.31. The summed E-state index contributed by atoms with van der Waals surface area (Å²) in [5.41, 5.74) is 0.260. The zero-order valence-electron chi connectivity index (χ0n) is 26.2. The summed E-state index contributed by atoms with van der Waals surface area (Å²) < 4.78 is 17.2. The quantitative estimate of drug-likeness (QED) is 0.225. The Balaban J connectivity index is 1.33. The van der Waals surface area contributed by atoms with E-state index in [4.69, 9.17) is 14.2 Å². The molecule has 1 aliphatic rings. The molecule has 0 unspecified atom stereocenters. The van der Waals surface area contributed by atoms with Gasteiger partial charge in [-0.25, -0.2) is 9.59 Å². The maximum atomic E-state index is 13.1. The number of carbonyl (C=O) groups is 4. The van der Waals surface area contributed by atoms with Crippen LogP contribution < -0.4 is 20.1 Å². The maximum Gasteiger partial charge on any atom is 0.415 e. The number of hydrogen-bond acceptors (Lipinski definition) is 7. The second kappa shape index (κ2) is 15.2. The fourth-order valence-electron chi connectivity index (χ4n) is 5.07. The second-order valence-electron chi connectivity index (χ2n) is 11.8. The van der Waals surface area contributed by atoms with E-state index in [1.54, 1.807) is 31.2 Å². The first kappa shape index (κ1) is 33.0. The number of hydrogen-bond donors (Lipinski definition) is 2. The van der Waals surface area contributed by atoms with Crippen LogP contribution in [0.15, 0.2) is 84.9 Å². The molecule has 1 heterocycles. The van der Waals surface area contributed by atoms with Gasteiger partial charge in [-0.2, -0.15) is 0 Å². The van der Waals surface area contributed by atoms with E-state index in [1.165, 1.54) is 4.90 Å². The first-order valence-corrected chi connectivity index (χ1v) is 15.2. The van der Waals surface area contributed by atoms with Crippen molar-refractivity contribution >= 4 is 23.9 Å². The van der Waals surface area contributed by atoms with Crippen LogP contribution in [0.5, 0.6) is 17.2 Å². The number of amides is 3. The number of unbranched alkanes of at least 4 members (excludes halogenated alkanes) is 1. The highest BCUT2D eigenvalue weighted by atomic mass is 16.6. The van der Waals surface area contributed by atoms with Crippen LogP contribution in [0.3, 0.4) is 0 Å². The number of nitrogens with one attached hydrogen (secondary N) is 2. The lowest BCUT2D eigenvalue weighted by Crippen LogP contribution is -2.49. The van der Waals surface area contributed by atoms with Crippen LogP contribution in [0.2, 0.25) is 0 Å². The topological polar surface area (TPSA) is 123 Å². The molecule has 1 aliphatic heterocycles. The molecule has 238 valence electrons. The molecule has 1 saturated heterocycles. The van der Waals surface area contributed by atoms with Gasteiger partial charge in [-0.15, -0.1) is 0 Å². The Hall–Kier alpha value is -4.86. The summed E-state index contributed by atoms with van der Waals surface area (Å²) in [5, 5.41) is 5.32. The van der Waals surface area contributed by atoms with Crippen molar-refractivity contribution < 1.29 is 33.4 Å². The summed E-state index contributed by atoms with van der Waals surface area (Å²) >= 11 is 0. The Bertz CT molecular complexity index is 1460. The van der Waals surface area contributed by atoms with Crippen LogP contribution in [0.4, 0.5) is 9.59 Å². The Morgan fingerprint density at radius 1 is 0.889 bits per heavy atom. The fourth-order valence-corrected chi connectivity index (χ4v) is 5.07. The van der Waals surface area contributed by atoms with Crippen molar-refractivity contribution in [1.82, 2.24) is 15.5 Å². The van der Waals surface area contributed by atoms with Crippen molar-refractivity contribution in [2.24, 2.45) is 5.41 Å². The fraction of sp³-hybridized carbons (Fsp3) is 0.371. The van der Waals surface area contributed by atoms with E-state index in [9.17, 15) is 19.2 Å². The van der Waals surface area contributed by atoms with Crippen molar-refractivity contribution in [3.63, 3.8) is 0 Å². The molecule has 3 aromatic rings. The maximum absolute atomic E-state index is 13.1. The lowest BCUT2D eigenvalue weighted by atomic mass is 9.90. The van der Waals surface area contributed by atoms with Gasteiger partial charge in [0, 0.05) is 18.0 Å². The molecule has 0 spiro atoms. The van der Waals surface area contributed by atoms with Gasteiger partial charge in [-0.05, 0) is 43.2 Å². The zero-order valence-corrected chi connectivity index (χ0v) is 26.2. The molecule has 3 amide bonds. The first-order valence-electron chi connectivity index (χ1n) is 15.2. The van der Waals surface area contributed by atoms with Crippen molar-refractivity contribution in [2.75, 3.05) is 13.1 Å². The van der Waals surface area contributed by atoms with E-state index < -0.39 is 41.4 Å². The van der Waals surface area contributed by atoms with E-state index in [2.05, 4.69) is 10.6 Å². The van der Waals surface area contributed by atoms with Crippen molar-refractivity contribution in [3.05, 3.63) is 90.5 Å². The number of alkyl carbamates (subject to hydrolysis) is 1. The normalized spacial score (nSPS) is 16.6. The number of Topliss-reactive ketones (excluding diaryl/α,β-unsaturated/α-hetero) is 1. The van der Waals surface area contributed by atoms with Crippen molar-refractivity contribution in [3.8, 4) is 17.2 Å². The van der Waals surface area contributed by atoms with Gasteiger partial charge >= 0.3 is 12.2 Å². The molecule has 3 atom stereocenters. The van der Waals surface area contributed by atoms with Crippen LogP contribution in [-0.2, 0) is 14.3 Å². The largest absolute Gasteiger partial charge is 0.457 e. The Labute approximate surface area is 264 Å². The van der Waals surface area contributed by atoms with E-state index >= 15 is 0 Å². The van der Waals surface area contributed by atoms with Crippen molar-refractivity contribution in [2.45, 2.75) is 65.1 Å². The molecular weight excluding hydrogens is 574 g/mol. The summed E-state index contributed by atoms with van der Waals surface area (Å²) in [5.74, 6) is -0.0350. The van der Waals surface area contributed by atoms with E-state index in [1.807, 2.05) is 81.4 Å². The number of ketones is 1. The van der Waals surface area contributed by atoms with Gasteiger partial charge in [-0.3, -0.25) is 9.59 Å². The number of benzene rings is 3. The molecule has 45 heavy (non-hydrogen) atoms. The third-order valence-electron chi connectivity index (χ3n) is 7.68. The smallest absolute Gasteiger partial charge is 0.415 e. The molecule has 4 rings (SSSR count). The number of para-hydroxylation sites is 1. The molecule has 10 heteroatoms. The van der Waals surface area contributed by atoms with Crippen LogP contribution in [0, 0.1) is 5.41 Å². The van der Waals surface area contributed by atoms with E-state index in [-0.39, 0.29) is 25.6 Å². The molecule has 10 nitrogen and oxygen atoms in total. The van der Waals surface area contributed by atoms with Gasteiger partial charge in [0.15, 0.2) is 0 Å². The summed E-state index contributed by atoms with van der Waals surface area (Å²) in [6, 6.07) is 23.9. The van der Waals surface area contributed by atoms with Gasteiger partial charge in [0.2, 0.25) is 5.78 Å². The highest BCUT2D eigenvalue weighted by Gasteiger charge is 2.45. The van der Waals surface area contributed by atoms with Crippen LogP contribution in [0.25, 0.3) is 0 Å². The number of ether oxygens (including phenoxy) is 3. The molecule has 0 bridgehead atoms. The Kier molecular flexibility index (Phi) is 11.2. The third-order valence-corrected chi connectivity index (χ3v) is 7.68. The highest BCUT2D eigenvalue weighted by molar-refractivity contribution is 6.38. The van der Waals surface area contributed by atoms with E-state index in [0.717, 1.165) is 12.0 Å². The molecular formula is C35H41N3O7. The summed E-state index contributed by atoms with van der Waals surface area (Å²) in [6.07, 6.45) is -0.399. The summed E-state index contributed by atoms with van der Waals surface area (Å²) in [7, 11) is 0. The molecule has 2 N–H and O–H groups in total. The molecule has 0 aliphatic carbocycles. The lowest BCUT2D eigenvalue weighted by molar-refractivity contribution is -0.139. The average Bonchev–Trinajstić information content (AvgIpc) is 3.33. The predicted octanol–water partition coefficient (Wildman–Crippen LogP) is 6.42. The highest BCUT2D eigenvalue weighted by Crippen LogP contribution is 2.33. The number of nitrogens with zero attached hydrogens (tertiary/aromatic N) is 1. The van der Waals surface area contributed by atoms with Crippen molar-refractivity contribution in [1.29, 1.82) is 0 Å². The van der Waals surface area contributed by atoms with Gasteiger partial charge < -0.3 is 29.7 Å². The number of carbonyl (C=O) groups excluding carboxylic acids is 4. The predicted molar refractivity (Wildman–Crippen MR) is 169 cm³/mol. The summed E-state index contributed by atoms with van der Waals surface area (Å²) in [4.78, 5) is 53.5. The minimum absolute atomic E-state index is 0.0993. The minimum Gasteiger partial charge on any atom is -0.457 e. The molecule has 0 aromatic heterocycles. The van der Waals surface area contributed by atoms with Crippen LogP contribution in [0.1, 0.15) is 58.6 Å². The monoisotopic (exact) mass is 615 g/mol. The Morgan fingerprint density at radius 3 is 2.22 bits per heavy atom. The van der Waals surface area contributed by atoms with Gasteiger partial charge in [-0.1, -0.05) is 88.2 Å². The van der Waals surface area contributed by atoms with Crippen LogP contribution in [-0.4, -0.2) is 54.0 Å². The number of rotatable bonds is 12. The van der Waals surface area contributed by atoms with E-state index in [0.29, 0.717) is 23.7 Å². The Morgan fingerprint density at radius 2 is 1.53 bits per heavy atom. The standard InChI is InChI=1S/C35H41N3O7/c1-5-6-20-29(31(39)32(40)36-24(2)25-14-9-7-10-15-25)37-33(41)45-30-22-38(23-35(30,3)4)34(42)44-28-19-13-18-27(21-28)43-26-16-11-8-12-17-26/h7-19,21,24,29-30H,5-6,20,22-23H2,1-4H3,(H,36,40)(H,37,41)/t24-,29+,30-/m1/s1. The average molecular weight is 616 g/mol. The molecule has 0 radical (unpaired) electrons. The lowest BCUT2D eigenvalue weighted by Gasteiger charge is -2.26. The molecule has 1 fully saturated rings. The van der Waals surface area contributed by atoms with Gasteiger partial charge in [0.1, 0.15) is 29.4 Å². The first-order chi connectivity index (χ1) is 21.6. The van der Waals surface area contributed by atoms with Gasteiger partial charge in [0.05, 0.1) is 12.6 Å². The SMILES string of the molecule is CCCC[C@H](NC(=O)O[C@@H]1CN(C(=O)Oc2cccc(Oc3ccccc3)c2)CC1(C)C)C(=O)C(=O)N[C@H](C)c1ccccc1. The second-order valence-corrected chi connectivity index (χ2v) is 11.8. The number of likely N-dealkylation sites (tertiary alicyclic amines) is 1. The van der Waals surface area contributed by atoms with Gasteiger partial charge in [0.25, 0.3) is 5.91 Å². The molecule has 3 aromatic carbocycles. The minimum atomic E-state index is -1.05. The summed E-state index contributed by atoms with van der Waals surface area (Å²) in [6.45, 7) is 7.88.